The van der Waals surface area contributed by atoms with Crippen molar-refractivity contribution in [3.63, 3.8) is 0 Å². The molecule has 0 bridgehead atoms. The van der Waals surface area contributed by atoms with Gasteiger partial charge in [0.1, 0.15) is 10.7 Å². The van der Waals surface area contributed by atoms with Gasteiger partial charge < -0.3 is 5.32 Å². The van der Waals surface area contributed by atoms with Gasteiger partial charge in [-0.1, -0.05) is 48.0 Å². The van der Waals surface area contributed by atoms with Crippen molar-refractivity contribution in [3.05, 3.63) is 87.9 Å². The van der Waals surface area contributed by atoms with Gasteiger partial charge in [-0.25, -0.2) is 12.8 Å². The molecule has 1 fully saturated rings. The highest BCUT2D eigenvalue weighted by molar-refractivity contribution is 7.89. The minimum absolute atomic E-state index is 0.0908. The number of thiophene rings is 1. The van der Waals surface area contributed by atoms with E-state index in [9.17, 15) is 17.6 Å². The summed E-state index contributed by atoms with van der Waals surface area (Å²) in [4.78, 5) is 13.8. The Hall–Kier alpha value is -2.55. The number of benzene rings is 2. The molecule has 8 heteroatoms. The first-order valence-corrected chi connectivity index (χ1v) is 12.8. The van der Waals surface area contributed by atoms with Gasteiger partial charge in [-0.2, -0.15) is 4.31 Å². The molecule has 5 nitrogen and oxygen atoms in total. The SMILES string of the molecule is Cc1ccc([C@H](NC(=O)C2CCN(S(=O)(=O)c3ccccc3F)CC2)c2cccs2)cc1. The Morgan fingerprint density at radius 3 is 2.38 bits per heavy atom. The van der Waals surface area contributed by atoms with Crippen LogP contribution in [0.15, 0.2) is 70.9 Å². The van der Waals surface area contributed by atoms with Gasteiger partial charge in [0.2, 0.25) is 15.9 Å². The first-order chi connectivity index (χ1) is 15.4. The standard InChI is InChI=1S/C24H25FN2O3S2/c1-17-8-10-18(11-9-17)23(21-6-4-16-31-21)26-24(28)19-12-14-27(15-13-19)32(29,30)22-7-3-2-5-20(22)25/h2-11,16,19,23H,12-15H2,1H3,(H,26,28)/t23-/m0/s1. The smallest absolute Gasteiger partial charge is 0.245 e. The fraction of sp³-hybridized carbons (Fsp3) is 0.292. The first-order valence-electron chi connectivity index (χ1n) is 10.5. The predicted octanol–water partition coefficient (Wildman–Crippen LogP) is 4.50. The van der Waals surface area contributed by atoms with Crippen LogP contribution in [-0.2, 0) is 14.8 Å². The second-order valence-corrected chi connectivity index (χ2v) is 10.9. The van der Waals surface area contributed by atoms with Gasteiger partial charge in [-0.3, -0.25) is 4.79 Å². The van der Waals surface area contributed by atoms with E-state index in [0.717, 1.165) is 22.1 Å². The first kappa shape index (κ1) is 22.6. The summed E-state index contributed by atoms with van der Waals surface area (Å²) in [6, 6.07) is 17.2. The quantitative estimate of drug-likeness (QED) is 0.574. The van der Waals surface area contributed by atoms with Crippen molar-refractivity contribution in [2.24, 2.45) is 5.92 Å². The van der Waals surface area contributed by atoms with Crippen molar-refractivity contribution in [1.82, 2.24) is 9.62 Å². The largest absolute Gasteiger partial charge is 0.344 e. The van der Waals surface area contributed by atoms with E-state index in [4.69, 9.17) is 0 Å². The summed E-state index contributed by atoms with van der Waals surface area (Å²) in [6.07, 6.45) is 0.787. The Kier molecular flexibility index (Phi) is 6.74. The molecule has 0 unspecified atom stereocenters. The van der Waals surface area contributed by atoms with Crippen LogP contribution in [0.3, 0.4) is 0 Å². The van der Waals surface area contributed by atoms with E-state index in [1.807, 2.05) is 48.7 Å². The Bertz CT molecular complexity index is 1170. The third kappa shape index (κ3) is 4.77. The second kappa shape index (κ2) is 9.52. The van der Waals surface area contributed by atoms with Crippen molar-refractivity contribution in [2.75, 3.05) is 13.1 Å². The summed E-state index contributed by atoms with van der Waals surface area (Å²) >= 11 is 1.58. The number of hydrogen-bond donors (Lipinski definition) is 1. The number of piperidine rings is 1. The molecule has 0 aliphatic carbocycles. The molecule has 1 aliphatic heterocycles. The van der Waals surface area contributed by atoms with Crippen molar-refractivity contribution in [1.29, 1.82) is 0 Å². The van der Waals surface area contributed by atoms with Gasteiger partial charge in [0.25, 0.3) is 0 Å². The summed E-state index contributed by atoms with van der Waals surface area (Å²) in [7, 11) is -3.92. The third-order valence-corrected chi connectivity index (χ3v) is 8.67. The highest BCUT2D eigenvalue weighted by atomic mass is 32.2. The van der Waals surface area contributed by atoms with E-state index >= 15 is 0 Å². The summed E-state index contributed by atoms with van der Waals surface area (Å²) in [5.74, 6) is -1.15. The van der Waals surface area contributed by atoms with Gasteiger partial charge >= 0.3 is 0 Å². The molecule has 1 amide bonds. The topological polar surface area (TPSA) is 66.5 Å². The highest BCUT2D eigenvalue weighted by Crippen LogP contribution is 2.29. The summed E-state index contributed by atoms with van der Waals surface area (Å²) in [6.45, 7) is 2.39. The molecule has 1 atom stereocenters. The number of carbonyl (C=O) groups excluding carboxylic acids is 1. The number of hydrogen-bond acceptors (Lipinski definition) is 4. The minimum Gasteiger partial charge on any atom is -0.344 e. The Morgan fingerprint density at radius 2 is 1.75 bits per heavy atom. The lowest BCUT2D eigenvalue weighted by Gasteiger charge is -2.31. The van der Waals surface area contributed by atoms with Crippen LogP contribution in [-0.4, -0.2) is 31.7 Å². The lowest BCUT2D eigenvalue weighted by molar-refractivity contribution is -0.126. The number of aryl methyl sites for hydroxylation is 1. The fourth-order valence-corrected chi connectivity index (χ4v) is 6.28. The average molecular weight is 473 g/mol. The van der Waals surface area contributed by atoms with Gasteiger partial charge in [-0.05, 0) is 48.9 Å². The number of amides is 1. The maximum absolute atomic E-state index is 14.0. The Balaban J connectivity index is 1.44. The molecule has 4 rings (SSSR count). The van der Waals surface area contributed by atoms with Gasteiger partial charge in [0.05, 0.1) is 6.04 Å². The van der Waals surface area contributed by atoms with Gasteiger partial charge in [0, 0.05) is 23.9 Å². The predicted molar refractivity (Wildman–Crippen MR) is 123 cm³/mol. The average Bonchev–Trinajstić information content (AvgIpc) is 3.33. The molecule has 2 aromatic carbocycles. The third-order valence-electron chi connectivity index (χ3n) is 5.80. The van der Waals surface area contributed by atoms with Crippen LogP contribution in [0.5, 0.6) is 0 Å². The molecular formula is C24H25FN2O3S2. The molecule has 32 heavy (non-hydrogen) atoms. The molecule has 168 valence electrons. The zero-order chi connectivity index (χ0) is 22.7. The van der Waals surface area contributed by atoms with Crippen LogP contribution in [0.4, 0.5) is 4.39 Å². The van der Waals surface area contributed by atoms with Crippen molar-refractivity contribution < 1.29 is 17.6 Å². The van der Waals surface area contributed by atoms with E-state index < -0.39 is 15.8 Å². The van der Waals surface area contributed by atoms with E-state index in [1.54, 1.807) is 11.3 Å². The van der Waals surface area contributed by atoms with Crippen LogP contribution in [0.1, 0.15) is 34.9 Å². The molecule has 3 aromatic rings. The number of sulfonamides is 1. The van der Waals surface area contributed by atoms with Crippen molar-refractivity contribution >= 4 is 27.3 Å². The van der Waals surface area contributed by atoms with Crippen molar-refractivity contribution in [2.45, 2.75) is 30.7 Å². The Morgan fingerprint density at radius 1 is 1.06 bits per heavy atom. The fourth-order valence-electron chi connectivity index (χ4n) is 3.94. The number of carbonyl (C=O) groups is 1. The van der Waals surface area contributed by atoms with Gasteiger partial charge in [-0.15, -0.1) is 11.3 Å². The number of nitrogens with zero attached hydrogens (tertiary/aromatic N) is 1. The van der Waals surface area contributed by atoms with E-state index in [1.165, 1.54) is 22.5 Å². The molecule has 0 radical (unpaired) electrons. The Labute approximate surface area is 191 Å². The van der Waals surface area contributed by atoms with E-state index in [0.29, 0.717) is 12.8 Å². The normalized spacial score (nSPS) is 16.6. The van der Waals surface area contributed by atoms with Crippen LogP contribution in [0.25, 0.3) is 0 Å². The van der Waals surface area contributed by atoms with E-state index in [-0.39, 0.29) is 35.9 Å². The summed E-state index contributed by atoms with van der Waals surface area (Å²) in [5.41, 5.74) is 2.15. The number of halogens is 1. The van der Waals surface area contributed by atoms with Gasteiger partial charge in [0.15, 0.2) is 0 Å². The second-order valence-electron chi connectivity index (χ2n) is 7.98. The van der Waals surface area contributed by atoms with Crippen LogP contribution in [0, 0.1) is 18.7 Å². The molecule has 0 spiro atoms. The van der Waals surface area contributed by atoms with Crippen LogP contribution >= 0.6 is 11.3 Å². The van der Waals surface area contributed by atoms with Crippen molar-refractivity contribution in [3.8, 4) is 0 Å². The highest BCUT2D eigenvalue weighted by Gasteiger charge is 2.34. The maximum Gasteiger partial charge on any atom is 0.245 e. The number of nitrogens with one attached hydrogen (secondary N) is 1. The molecule has 1 N–H and O–H groups in total. The van der Waals surface area contributed by atoms with Crippen LogP contribution in [0.2, 0.25) is 0 Å². The lowest BCUT2D eigenvalue weighted by Crippen LogP contribution is -2.43. The lowest BCUT2D eigenvalue weighted by atomic mass is 9.95. The monoisotopic (exact) mass is 472 g/mol. The zero-order valence-electron chi connectivity index (χ0n) is 17.7. The molecule has 0 saturated carbocycles. The summed E-state index contributed by atoms with van der Waals surface area (Å²) in [5, 5.41) is 5.14. The number of rotatable bonds is 6. The summed E-state index contributed by atoms with van der Waals surface area (Å²) < 4.78 is 40.9. The molecule has 1 saturated heterocycles. The van der Waals surface area contributed by atoms with E-state index in [2.05, 4.69) is 5.32 Å². The van der Waals surface area contributed by atoms with Crippen LogP contribution < -0.4 is 5.32 Å². The zero-order valence-corrected chi connectivity index (χ0v) is 19.3. The molecular weight excluding hydrogens is 447 g/mol. The minimum atomic E-state index is -3.92. The molecule has 1 aliphatic rings. The molecule has 1 aromatic heterocycles. The molecule has 2 heterocycles. The maximum atomic E-state index is 14.0.